The predicted molar refractivity (Wildman–Crippen MR) is 62.4 cm³/mol. The van der Waals surface area contributed by atoms with Crippen LogP contribution in [0.3, 0.4) is 0 Å². The molecule has 17 heavy (non-hydrogen) atoms. The molecule has 0 spiro atoms. The van der Waals surface area contributed by atoms with Crippen molar-refractivity contribution in [3.8, 4) is 5.75 Å². The van der Waals surface area contributed by atoms with Crippen LogP contribution in [0.1, 0.15) is 26.2 Å². The molecule has 0 saturated carbocycles. The molecule has 4 heteroatoms. The van der Waals surface area contributed by atoms with Crippen LogP contribution in [0.5, 0.6) is 5.75 Å². The molecule has 0 bridgehead atoms. The van der Waals surface area contributed by atoms with Gasteiger partial charge in [0.25, 0.3) is 0 Å². The first-order valence-electron chi connectivity index (χ1n) is 5.77. The predicted octanol–water partition coefficient (Wildman–Crippen LogP) is 2.94. The molecule has 0 heterocycles. The van der Waals surface area contributed by atoms with E-state index in [-0.39, 0.29) is 17.5 Å². The van der Waals surface area contributed by atoms with Crippen LogP contribution in [0.25, 0.3) is 0 Å². The first-order chi connectivity index (χ1) is 8.24. The van der Waals surface area contributed by atoms with E-state index in [9.17, 15) is 9.18 Å². The fourth-order valence-electron chi connectivity index (χ4n) is 1.35. The van der Waals surface area contributed by atoms with Crippen molar-refractivity contribution < 1.29 is 18.7 Å². The average molecular weight is 240 g/mol. The molecule has 94 valence electrons. The Balaban J connectivity index is 2.13. The van der Waals surface area contributed by atoms with Gasteiger partial charge in [0.15, 0.2) is 11.6 Å². The van der Waals surface area contributed by atoms with Crippen molar-refractivity contribution >= 4 is 5.97 Å². The van der Waals surface area contributed by atoms with Gasteiger partial charge in [-0.25, -0.2) is 4.39 Å². The fraction of sp³-hybridized carbons (Fsp3) is 0.462. The number of ether oxygens (including phenoxy) is 2. The zero-order valence-corrected chi connectivity index (χ0v) is 9.95. The molecule has 0 radical (unpaired) electrons. The standard InChI is InChI=1S/C13H17FO3/c1-2-16-13(15)9-5-6-10-17-12-8-4-3-7-11(12)14/h3-4,7-8H,2,5-6,9-10H2,1H3. The van der Waals surface area contributed by atoms with Crippen LogP contribution in [-0.2, 0) is 9.53 Å². The Morgan fingerprint density at radius 2 is 2.06 bits per heavy atom. The highest BCUT2D eigenvalue weighted by Gasteiger charge is 2.03. The van der Waals surface area contributed by atoms with E-state index in [1.165, 1.54) is 6.07 Å². The summed E-state index contributed by atoms with van der Waals surface area (Å²) < 4.78 is 23.2. The van der Waals surface area contributed by atoms with Crippen LogP contribution in [0, 0.1) is 5.82 Å². The summed E-state index contributed by atoms with van der Waals surface area (Å²) in [5.41, 5.74) is 0. The van der Waals surface area contributed by atoms with Crippen LogP contribution in [0.4, 0.5) is 4.39 Å². The molecule has 1 aromatic carbocycles. The van der Waals surface area contributed by atoms with E-state index >= 15 is 0 Å². The molecule has 0 aliphatic rings. The maximum Gasteiger partial charge on any atom is 0.305 e. The van der Waals surface area contributed by atoms with Crippen LogP contribution < -0.4 is 4.74 Å². The summed E-state index contributed by atoms with van der Waals surface area (Å²) in [4.78, 5) is 11.0. The molecule has 3 nitrogen and oxygen atoms in total. The SMILES string of the molecule is CCOC(=O)CCCCOc1ccccc1F. The highest BCUT2D eigenvalue weighted by Crippen LogP contribution is 2.15. The quantitative estimate of drug-likeness (QED) is 0.543. The Kier molecular flexibility index (Phi) is 6.07. The molecule has 1 rings (SSSR count). The van der Waals surface area contributed by atoms with E-state index in [2.05, 4.69) is 0 Å². The lowest BCUT2D eigenvalue weighted by atomic mass is 10.2. The number of unbranched alkanes of at least 4 members (excludes halogenated alkanes) is 1. The molecule has 0 aliphatic heterocycles. The number of carbonyl (C=O) groups excluding carboxylic acids is 1. The first kappa shape index (κ1) is 13.5. The van der Waals surface area contributed by atoms with Crippen molar-refractivity contribution in [2.75, 3.05) is 13.2 Å². The van der Waals surface area contributed by atoms with Gasteiger partial charge < -0.3 is 9.47 Å². The number of rotatable bonds is 7. The smallest absolute Gasteiger partial charge is 0.305 e. The molecular formula is C13H17FO3. The van der Waals surface area contributed by atoms with Crippen LogP contribution in [0.15, 0.2) is 24.3 Å². The van der Waals surface area contributed by atoms with Crippen molar-refractivity contribution in [3.63, 3.8) is 0 Å². The number of halogens is 1. The van der Waals surface area contributed by atoms with E-state index in [1.807, 2.05) is 0 Å². The molecule has 0 amide bonds. The average Bonchev–Trinajstić information content (AvgIpc) is 2.31. The molecular weight excluding hydrogens is 223 g/mol. The van der Waals surface area contributed by atoms with E-state index in [0.29, 0.717) is 32.5 Å². The first-order valence-corrected chi connectivity index (χ1v) is 5.77. The van der Waals surface area contributed by atoms with Crippen LogP contribution in [-0.4, -0.2) is 19.2 Å². The van der Waals surface area contributed by atoms with Crippen molar-refractivity contribution in [2.45, 2.75) is 26.2 Å². The third kappa shape index (κ3) is 5.33. The number of para-hydroxylation sites is 1. The van der Waals surface area contributed by atoms with E-state index in [1.54, 1.807) is 25.1 Å². The lowest BCUT2D eigenvalue weighted by Gasteiger charge is -2.06. The molecule has 0 fully saturated rings. The molecule has 1 aromatic rings. The lowest BCUT2D eigenvalue weighted by Crippen LogP contribution is -2.05. The van der Waals surface area contributed by atoms with Gasteiger partial charge in [0, 0.05) is 6.42 Å². The second-order valence-electron chi connectivity index (χ2n) is 3.54. The van der Waals surface area contributed by atoms with Gasteiger partial charge in [0.2, 0.25) is 0 Å². The van der Waals surface area contributed by atoms with Gasteiger partial charge in [-0.2, -0.15) is 0 Å². The summed E-state index contributed by atoms with van der Waals surface area (Å²) in [7, 11) is 0. The fourth-order valence-corrected chi connectivity index (χ4v) is 1.35. The Bertz CT molecular complexity index is 352. The number of carbonyl (C=O) groups is 1. The van der Waals surface area contributed by atoms with E-state index < -0.39 is 0 Å². The topological polar surface area (TPSA) is 35.5 Å². The maximum absolute atomic E-state index is 13.1. The maximum atomic E-state index is 13.1. The normalized spacial score (nSPS) is 10.0. The summed E-state index contributed by atoms with van der Waals surface area (Å²) in [6.07, 6.45) is 1.77. The largest absolute Gasteiger partial charge is 0.491 e. The Labute approximate surface area is 101 Å². The van der Waals surface area contributed by atoms with Crippen molar-refractivity contribution in [2.24, 2.45) is 0 Å². The summed E-state index contributed by atoms with van der Waals surface area (Å²) in [6, 6.07) is 6.27. The molecule has 0 atom stereocenters. The second-order valence-corrected chi connectivity index (χ2v) is 3.54. The van der Waals surface area contributed by atoms with Gasteiger partial charge in [0.05, 0.1) is 13.2 Å². The van der Waals surface area contributed by atoms with Crippen molar-refractivity contribution in [1.82, 2.24) is 0 Å². The second kappa shape index (κ2) is 7.65. The summed E-state index contributed by atoms with van der Waals surface area (Å²) in [5, 5.41) is 0. The molecule has 0 aliphatic carbocycles. The molecule has 0 aromatic heterocycles. The van der Waals surface area contributed by atoms with Crippen LogP contribution in [0.2, 0.25) is 0 Å². The van der Waals surface area contributed by atoms with Gasteiger partial charge in [0.1, 0.15) is 0 Å². The highest BCUT2D eigenvalue weighted by atomic mass is 19.1. The Morgan fingerprint density at radius 1 is 1.29 bits per heavy atom. The zero-order chi connectivity index (χ0) is 12.5. The Hall–Kier alpha value is -1.58. The number of benzene rings is 1. The van der Waals surface area contributed by atoms with Crippen molar-refractivity contribution in [1.29, 1.82) is 0 Å². The molecule has 0 N–H and O–H groups in total. The summed E-state index contributed by atoms with van der Waals surface area (Å²) in [6.45, 7) is 2.59. The van der Waals surface area contributed by atoms with Crippen LogP contribution >= 0.6 is 0 Å². The third-order valence-corrected chi connectivity index (χ3v) is 2.17. The Morgan fingerprint density at radius 3 is 2.76 bits per heavy atom. The molecule has 0 unspecified atom stereocenters. The van der Waals surface area contributed by atoms with Gasteiger partial charge in [-0.05, 0) is 31.9 Å². The number of hydrogen-bond donors (Lipinski definition) is 0. The minimum Gasteiger partial charge on any atom is -0.491 e. The van der Waals surface area contributed by atoms with Gasteiger partial charge in [-0.15, -0.1) is 0 Å². The van der Waals surface area contributed by atoms with Gasteiger partial charge in [-0.1, -0.05) is 12.1 Å². The van der Waals surface area contributed by atoms with E-state index in [0.717, 1.165) is 0 Å². The third-order valence-electron chi connectivity index (χ3n) is 2.17. The number of hydrogen-bond acceptors (Lipinski definition) is 3. The minimum atomic E-state index is -0.363. The lowest BCUT2D eigenvalue weighted by molar-refractivity contribution is -0.143. The minimum absolute atomic E-state index is 0.196. The zero-order valence-electron chi connectivity index (χ0n) is 9.95. The van der Waals surface area contributed by atoms with Gasteiger partial charge in [-0.3, -0.25) is 4.79 Å². The van der Waals surface area contributed by atoms with E-state index in [4.69, 9.17) is 9.47 Å². The van der Waals surface area contributed by atoms with Crippen molar-refractivity contribution in [3.05, 3.63) is 30.1 Å². The van der Waals surface area contributed by atoms with Gasteiger partial charge >= 0.3 is 5.97 Å². The molecule has 0 saturated heterocycles. The summed E-state index contributed by atoms with van der Waals surface area (Å²) in [5.74, 6) is -0.306. The summed E-state index contributed by atoms with van der Waals surface area (Å²) >= 11 is 0. The monoisotopic (exact) mass is 240 g/mol. The highest BCUT2D eigenvalue weighted by molar-refractivity contribution is 5.69. The number of esters is 1.